The highest BCUT2D eigenvalue weighted by atomic mass is 32.2. The van der Waals surface area contributed by atoms with Crippen LogP contribution in [-0.2, 0) is 19.4 Å². The zero-order valence-corrected chi connectivity index (χ0v) is 12.0. The first-order valence-electron chi connectivity index (χ1n) is 5.77. The third kappa shape index (κ3) is 6.58. The first kappa shape index (κ1) is 16.9. The number of hydrogen-bond acceptors (Lipinski definition) is 4. The second-order valence-corrected chi connectivity index (χ2v) is 7.07. The molecule has 1 N–H and O–H groups in total. The molecule has 0 aliphatic rings. The highest BCUT2D eigenvalue weighted by Gasteiger charge is 2.25. The Balaban J connectivity index is 4.76. The number of carboxylic acids is 1. The third-order valence-electron chi connectivity index (χ3n) is 2.18. The molecule has 1 amide bonds. The normalized spacial score (nSPS) is 11.9. The van der Waals surface area contributed by atoms with E-state index in [1.165, 1.54) is 0 Å². The smallest absolute Gasteiger partial charge is 0.323 e. The molecule has 0 aliphatic carbocycles. The fourth-order valence-electron chi connectivity index (χ4n) is 1.54. The topological polar surface area (TPSA) is 91.8 Å². The van der Waals surface area contributed by atoms with Gasteiger partial charge in [-0.3, -0.25) is 9.59 Å². The average Bonchev–Trinajstić information content (AvgIpc) is 2.09. The van der Waals surface area contributed by atoms with E-state index in [1.807, 2.05) is 0 Å². The highest BCUT2D eigenvalue weighted by Crippen LogP contribution is 2.05. The van der Waals surface area contributed by atoms with Gasteiger partial charge in [0.15, 0.2) is 9.84 Å². The summed E-state index contributed by atoms with van der Waals surface area (Å²) in [6, 6.07) is -0.345. The van der Waals surface area contributed by atoms with Crippen LogP contribution in [0.5, 0.6) is 0 Å². The first-order valence-corrected chi connectivity index (χ1v) is 7.59. The van der Waals surface area contributed by atoms with Crippen LogP contribution in [0.25, 0.3) is 0 Å². The van der Waals surface area contributed by atoms with Gasteiger partial charge < -0.3 is 10.0 Å². The van der Waals surface area contributed by atoms with Gasteiger partial charge in [-0.1, -0.05) is 13.8 Å². The van der Waals surface area contributed by atoms with Crippen LogP contribution in [0.4, 0.5) is 0 Å². The van der Waals surface area contributed by atoms with E-state index >= 15 is 0 Å². The predicted octanol–water partition coefficient (Wildman–Crippen LogP) is 0.379. The molecule has 0 rings (SSSR count). The Labute approximate surface area is 108 Å². The number of carboxylic acid groups (broad SMARTS) is 1. The number of amides is 1. The Morgan fingerprint density at radius 2 is 1.67 bits per heavy atom. The summed E-state index contributed by atoms with van der Waals surface area (Å²) >= 11 is 0. The van der Waals surface area contributed by atoms with E-state index < -0.39 is 34.0 Å². The number of nitrogens with zero attached hydrogens (tertiary/aromatic N) is 1. The summed E-state index contributed by atoms with van der Waals surface area (Å²) < 4.78 is 23.3. The van der Waals surface area contributed by atoms with Gasteiger partial charge in [-0.05, 0) is 19.8 Å². The molecule has 0 aromatic heterocycles. The van der Waals surface area contributed by atoms with E-state index in [1.54, 1.807) is 27.7 Å². The van der Waals surface area contributed by atoms with Crippen molar-refractivity contribution in [2.75, 3.05) is 18.1 Å². The van der Waals surface area contributed by atoms with E-state index in [0.717, 1.165) is 4.90 Å². The quantitative estimate of drug-likeness (QED) is 0.727. The van der Waals surface area contributed by atoms with Gasteiger partial charge in [-0.2, -0.15) is 0 Å². The van der Waals surface area contributed by atoms with Gasteiger partial charge in [0.1, 0.15) is 12.3 Å². The number of aliphatic carboxylic acids is 1. The van der Waals surface area contributed by atoms with Crippen LogP contribution in [-0.4, -0.2) is 54.4 Å². The van der Waals surface area contributed by atoms with Crippen molar-refractivity contribution in [2.24, 2.45) is 5.92 Å². The molecule has 0 bridgehead atoms. The van der Waals surface area contributed by atoms with E-state index in [0.29, 0.717) is 0 Å². The number of sulfone groups is 1. The Kier molecular flexibility index (Phi) is 6.31. The average molecular weight is 279 g/mol. The second kappa shape index (κ2) is 6.72. The molecule has 0 aromatic carbocycles. The maximum atomic E-state index is 11.8. The van der Waals surface area contributed by atoms with Gasteiger partial charge in [0.05, 0.1) is 5.75 Å². The van der Waals surface area contributed by atoms with Gasteiger partial charge in [0.2, 0.25) is 5.91 Å². The monoisotopic (exact) mass is 279 g/mol. The molecule has 0 aliphatic heterocycles. The molecule has 0 saturated carbocycles. The first-order chi connectivity index (χ1) is 8.05. The van der Waals surface area contributed by atoms with Crippen LogP contribution in [0, 0.1) is 5.92 Å². The molecule has 0 heterocycles. The minimum absolute atomic E-state index is 0.0604. The molecule has 6 nitrogen and oxygen atoms in total. The van der Waals surface area contributed by atoms with E-state index in [2.05, 4.69) is 0 Å². The minimum Gasteiger partial charge on any atom is -0.480 e. The fraction of sp³-hybridized carbons (Fsp3) is 0.818. The van der Waals surface area contributed by atoms with Crippen LogP contribution in [0.3, 0.4) is 0 Å². The van der Waals surface area contributed by atoms with Crippen molar-refractivity contribution < 1.29 is 23.1 Å². The fourth-order valence-corrected chi connectivity index (χ4v) is 3.22. The highest BCUT2D eigenvalue weighted by molar-refractivity contribution is 7.92. The van der Waals surface area contributed by atoms with Crippen molar-refractivity contribution in [1.29, 1.82) is 0 Å². The lowest BCUT2D eigenvalue weighted by molar-refractivity contribution is -0.144. The van der Waals surface area contributed by atoms with Crippen LogP contribution >= 0.6 is 0 Å². The van der Waals surface area contributed by atoms with Crippen molar-refractivity contribution in [2.45, 2.75) is 33.7 Å². The number of carbonyl (C=O) groups is 2. The Bertz CT molecular complexity index is 400. The largest absolute Gasteiger partial charge is 0.480 e. The van der Waals surface area contributed by atoms with Crippen molar-refractivity contribution >= 4 is 21.7 Å². The zero-order valence-electron chi connectivity index (χ0n) is 11.2. The molecule has 0 fully saturated rings. The van der Waals surface area contributed by atoms with E-state index in [9.17, 15) is 18.0 Å². The molecule has 0 saturated heterocycles. The molecule has 7 heteroatoms. The lowest BCUT2D eigenvalue weighted by Crippen LogP contribution is -2.44. The van der Waals surface area contributed by atoms with Crippen molar-refractivity contribution in [3.8, 4) is 0 Å². The summed E-state index contributed by atoms with van der Waals surface area (Å²) in [6.45, 7) is 6.32. The number of hydrogen-bond donors (Lipinski definition) is 1. The Morgan fingerprint density at radius 3 is 2.00 bits per heavy atom. The SMILES string of the molecule is CC(C)CS(=O)(=O)CC(=O)N(CC(=O)O)C(C)C. The predicted molar refractivity (Wildman–Crippen MR) is 68.0 cm³/mol. The molecule has 0 radical (unpaired) electrons. The van der Waals surface area contributed by atoms with Crippen LogP contribution in [0.1, 0.15) is 27.7 Å². The van der Waals surface area contributed by atoms with E-state index in [4.69, 9.17) is 5.11 Å². The number of carbonyl (C=O) groups excluding carboxylic acids is 1. The summed E-state index contributed by atoms with van der Waals surface area (Å²) in [6.07, 6.45) is 0. The van der Waals surface area contributed by atoms with Crippen molar-refractivity contribution in [3.63, 3.8) is 0 Å². The summed E-state index contributed by atoms with van der Waals surface area (Å²) in [4.78, 5) is 23.5. The third-order valence-corrected chi connectivity index (χ3v) is 4.04. The molecule has 0 unspecified atom stereocenters. The van der Waals surface area contributed by atoms with E-state index in [-0.39, 0.29) is 17.7 Å². The van der Waals surface area contributed by atoms with Gasteiger partial charge in [0, 0.05) is 6.04 Å². The van der Waals surface area contributed by atoms with Crippen LogP contribution in [0.2, 0.25) is 0 Å². The molecular formula is C11H21NO5S. The molecule has 0 aromatic rings. The van der Waals surface area contributed by atoms with Gasteiger partial charge in [-0.25, -0.2) is 8.42 Å². The summed E-state index contributed by atoms with van der Waals surface area (Å²) in [5.41, 5.74) is 0. The minimum atomic E-state index is -3.48. The lowest BCUT2D eigenvalue weighted by atomic mass is 10.3. The van der Waals surface area contributed by atoms with Gasteiger partial charge in [-0.15, -0.1) is 0 Å². The maximum Gasteiger partial charge on any atom is 0.323 e. The summed E-state index contributed by atoms with van der Waals surface area (Å²) in [7, 11) is -3.48. The van der Waals surface area contributed by atoms with Crippen LogP contribution < -0.4 is 0 Å². The Hall–Kier alpha value is -1.11. The van der Waals surface area contributed by atoms with Crippen molar-refractivity contribution in [1.82, 2.24) is 4.90 Å². The van der Waals surface area contributed by atoms with Crippen LogP contribution in [0.15, 0.2) is 0 Å². The molecule has 106 valence electrons. The summed E-state index contributed by atoms with van der Waals surface area (Å²) in [5.74, 6) is -2.57. The molecule has 18 heavy (non-hydrogen) atoms. The summed E-state index contributed by atoms with van der Waals surface area (Å²) in [5, 5.41) is 8.68. The standard InChI is InChI=1S/C11H21NO5S/c1-8(2)6-18(16,17)7-10(13)12(9(3)4)5-11(14)15/h8-9H,5-7H2,1-4H3,(H,14,15). The second-order valence-electron chi connectivity index (χ2n) is 4.96. The molecule has 0 spiro atoms. The lowest BCUT2D eigenvalue weighted by Gasteiger charge is -2.24. The zero-order chi connectivity index (χ0) is 14.5. The number of rotatable bonds is 7. The Morgan fingerprint density at radius 1 is 1.17 bits per heavy atom. The molecular weight excluding hydrogens is 258 g/mol. The van der Waals surface area contributed by atoms with Gasteiger partial charge in [0.25, 0.3) is 0 Å². The van der Waals surface area contributed by atoms with Crippen molar-refractivity contribution in [3.05, 3.63) is 0 Å². The van der Waals surface area contributed by atoms with Gasteiger partial charge >= 0.3 is 5.97 Å². The molecule has 0 atom stereocenters. The maximum absolute atomic E-state index is 11.8.